The lowest BCUT2D eigenvalue weighted by molar-refractivity contribution is 0.0907. The van der Waals surface area contributed by atoms with Gasteiger partial charge in [0, 0.05) is 29.1 Å². The highest BCUT2D eigenvalue weighted by Gasteiger charge is 2.24. The van der Waals surface area contributed by atoms with Crippen molar-refractivity contribution in [2.45, 2.75) is 19.4 Å². The van der Waals surface area contributed by atoms with Gasteiger partial charge in [-0.15, -0.1) is 0 Å². The summed E-state index contributed by atoms with van der Waals surface area (Å²) < 4.78 is 6.38. The summed E-state index contributed by atoms with van der Waals surface area (Å²) in [6.07, 6.45) is 1.28. The molecule has 1 aromatic rings. The molecule has 0 spiro atoms. The third-order valence-corrected chi connectivity index (χ3v) is 3.64. The quantitative estimate of drug-likeness (QED) is 0.931. The van der Waals surface area contributed by atoms with Gasteiger partial charge in [0.2, 0.25) is 0 Å². The van der Waals surface area contributed by atoms with Gasteiger partial charge < -0.3 is 10.1 Å². The number of rotatable bonds is 3. The Morgan fingerprint density at radius 1 is 1.59 bits per heavy atom. The van der Waals surface area contributed by atoms with Crippen LogP contribution in [0.25, 0.3) is 0 Å². The molecule has 1 aliphatic heterocycles. The lowest BCUT2D eigenvalue weighted by atomic mass is 10.0. The highest BCUT2D eigenvalue weighted by Crippen LogP contribution is 2.19. The lowest BCUT2D eigenvalue weighted by Gasteiger charge is -2.14. The van der Waals surface area contributed by atoms with Gasteiger partial charge in [-0.2, -0.15) is 0 Å². The van der Waals surface area contributed by atoms with E-state index in [0.29, 0.717) is 18.0 Å². The average molecular weight is 298 g/mol. The van der Waals surface area contributed by atoms with Crippen LogP contribution in [-0.4, -0.2) is 25.2 Å². The molecule has 92 valence electrons. The first-order valence-electron chi connectivity index (χ1n) is 5.82. The van der Waals surface area contributed by atoms with Crippen molar-refractivity contribution in [3.63, 3.8) is 0 Å². The molecule has 1 aliphatic rings. The van der Waals surface area contributed by atoms with E-state index in [1.807, 2.05) is 24.3 Å². The topological polar surface area (TPSA) is 38.3 Å². The largest absolute Gasteiger partial charge is 0.378 e. The van der Waals surface area contributed by atoms with E-state index in [1.165, 1.54) is 0 Å². The van der Waals surface area contributed by atoms with E-state index >= 15 is 0 Å². The van der Waals surface area contributed by atoms with Crippen LogP contribution in [0.4, 0.5) is 0 Å². The lowest BCUT2D eigenvalue weighted by Crippen LogP contribution is -2.31. The SMILES string of the molecule is CC1OCCC1CNC(=O)c1cccc(Br)c1. The number of halogens is 1. The number of hydrogen-bond acceptors (Lipinski definition) is 2. The van der Waals surface area contributed by atoms with Gasteiger partial charge in [-0.1, -0.05) is 22.0 Å². The molecule has 0 radical (unpaired) electrons. The molecule has 0 bridgehead atoms. The van der Waals surface area contributed by atoms with Crippen LogP contribution in [0.2, 0.25) is 0 Å². The highest BCUT2D eigenvalue weighted by atomic mass is 79.9. The summed E-state index contributed by atoms with van der Waals surface area (Å²) in [5, 5.41) is 2.96. The van der Waals surface area contributed by atoms with E-state index in [2.05, 4.69) is 28.2 Å². The molecule has 1 saturated heterocycles. The van der Waals surface area contributed by atoms with E-state index in [-0.39, 0.29) is 12.0 Å². The fourth-order valence-electron chi connectivity index (χ4n) is 2.00. The Morgan fingerprint density at radius 2 is 2.41 bits per heavy atom. The average Bonchev–Trinajstić information content (AvgIpc) is 2.72. The maximum Gasteiger partial charge on any atom is 0.251 e. The summed E-state index contributed by atoms with van der Waals surface area (Å²) in [6, 6.07) is 7.41. The molecular formula is C13H16BrNO2. The molecule has 2 unspecified atom stereocenters. The molecule has 0 saturated carbocycles. The van der Waals surface area contributed by atoms with Crippen LogP contribution in [-0.2, 0) is 4.74 Å². The van der Waals surface area contributed by atoms with Crippen molar-refractivity contribution in [1.82, 2.24) is 5.32 Å². The second-order valence-corrected chi connectivity index (χ2v) is 5.26. The number of carbonyl (C=O) groups is 1. The van der Waals surface area contributed by atoms with Gasteiger partial charge in [-0.05, 0) is 31.5 Å². The predicted octanol–water partition coefficient (Wildman–Crippen LogP) is 2.60. The van der Waals surface area contributed by atoms with Crippen LogP contribution in [0, 0.1) is 5.92 Å². The zero-order valence-electron chi connectivity index (χ0n) is 9.78. The van der Waals surface area contributed by atoms with E-state index in [1.54, 1.807) is 0 Å². The smallest absolute Gasteiger partial charge is 0.251 e. The third-order valence-electron chi connectivity index (χ3n) is 3.14. The molecule has 1 N–H and O–H groups in total. The Bertz CT molecular complexity index is 408. The van der Waals surface area contributed by atoms with Crippen molar-refractivity contribution < 1.29 is 9.53 Å². The number of hydrogen-bond donors (Lipinski definition) is 1. The first-order valence-corrected chi connectivity index (χ1v) is 6.61. The molecule has 1 heterocycles. The van der Waals surface area contributed by atoms with Crippen molar-refractivity contribution in [3.8, 4) is 0 Å². The zero-order valence-corrected chi connectivity index (χ0v) is 11.4. The Hall–Kier alpha value is -0.870. The van der Waals surface area contributed by atoms with Crippen LogP contribution in [0.3, 0.4) is 0 Å². The predicted molar refractivity (Wildman–Crippen MR) is 70.0 cm³/mol. The third kappa shape index (κ3) is 3.30. The minimum absolute atomic E-state index is 0.0228. The Balaban J connectivity index is 1.89. The van der Waals surface area contributed by atoms with Crippen LogP contribution < -0.4 is 5.32 Å². The first-order chi connectivity index (χ1) is 8.16. The fourth-order valence-corrected chi connectivity index (χ4v) is 2.40. The maximum absolute atomic E-state index is 11.9. The second-order valence-electron chi connectivity index (χ2n) is 4.35. The summed E-state index contributed by atoms with van der Waals surface area (Å²) in [5.41, 5.74) is 0.686. The van der Waals surface area contributed by atoms with Crippen LogP contribution in [0.15, 0.2) is 28.7 Å². The van der Waals surface area contributed by atoms with Gasteiger partial charge in [0.1, 0.15) is 0 Å². The number of amides is 1. The van der Waals surface area contributed by atoms with Gasteiger partial charge in [-0.3, -0.25) is 4.79 Å². The summed E-state index contributed by atoms with van der Waals surface area (Å²) in [4.78, 5) is 11.9. The van der Waals surface area contributed by atoms with E-state index < -0.39 is 0 Å². The van der Waals surface area contributed by atoms with Crippen LogP contribution in [0.5, 0.6) is 0 Å². The van der Waals surface area contributed by atoms with Crippen molar-refractivity contribution in [1.29, 1.82) is 0 Å². The summed E-state index contributed by atoms with van der Waals surface area (Å²) in [7, 11) is 0. The summed E-state index contributed by atoms with van der Waals surface area (Å²) >= 11 is 3.36. The minimum Gasteiger partial charge on any atom is -0.378 e. The van der Waals surface area contributed by atoms with Crippen LogP contribution in [0.1, 0.15) is 23.7 Å². The molecule has 17 heavy (non-hydrogen) atoms. The minimum atomic E-state index is -0.0228. The van der Waals surface area contributed by atoms with Crippen molar-refractivity contribution in [2.24, 2.45) is 5.92 Å². The number of nitrogens with one attached hydrogen (secondary N) is 1. The number of carbonyl (C=O) groups excluding carboxylic acids is 1. The highest BCUT2D eigenvalue weighted by molar-refractivity contribution is 9.10. The summed E-state index contributed by atoms with van der Waals surface area (Å²) in [6.45, 7) is 3.55. The summed E-state index contributed by atoms with van der Waals surface area (Å²) in [5.74, 6) is 0.413. The molecule has 2 rings (SSSR count). The maximum atomic E-state index is 11.9. The molecule has 1 amide bonds. The molecule has 3 nitrogen and oxygen atoms in total. The molecule has 0 aliphatic carbocycles. The van der Waals surface area contributed by atoms with E-state index in [0.717, 1.165) is 17.5 Å². The Kier molecular flexibility index (Phi) is 4.18. The molecule has 4 heteroatoms. The van der Waals surface area contributed by atoms with Crippen molar-refractivity contribution in [2.75, 3.05) is 13.2 Å². The molecule has 1 fully saturated rings. The van der Waals surface area contributed by atoms with Gasteiger partial charge in [0.25, 0.3) is 5.91 Å². The van der Waals surface area contributed by atoms with Gasteiger partial charge in [0.15, 0.2) is 0 Å². The van der Waals surface area contributed by atoms with Gasteiger partial charge in [-0.25, -0.2) is 0 Å². The van der Waals surface area contributed by atoms with Crippen molar-refractivity contribution in [3.05, 3.63) is 34.3 Å². The first kappa shape index (κ1) is 12.6. The molecule has 1 aromatic carbocycles. The molecule has 2 atom stereocenters. The van der Waals surface area contributed by atoms with E-state index in [4.69, 9.17) is 4.74 Å². The normalized spacial score (nSPS) is 23.6. The standard InChI is InChI=1S/C13H16BrNO2/c1-9-11(5-6-17-9)8-15-13(16)10-3-2-4-12(14)7-10/h2-4,7,9,11H,5-6,8H2,1H3,(H,15,16). The van der Waals surface area contributed by atoms with E-state index in [9.17, 15) is 4.79 Å². The Morgan fingerprint density at radius 3 is 3.06 bits per heavy atom. The fraction of sp³-hybridized carbons (Fsp3) is 0.462. The second kappa shape index (κ2) is 5.65. The molecule has 0 aromatic heterocycles. The van der Waals surface area contributed by atoms with Gasteiger partial charge in [0.05, 0.1) is 6.10 Å². The monoisotopic (exact) mass is 297 g/mol. The zero-order chi connectivity index (χ0) is 12.3. The molecular weight excluding hydrogens is 282 g/mol. The number of ether oxygens (including phenoxy) is 1. The van der Waals surface area contributed by atoms with Crippen molar-refractivity contribution >= 4 is 21.8 Å². The number of benzene rings is 1. The van der Waals surface area contributed by atoms with Crippen LogP contribution >= 0.6 is 15.9 Å². The van der Waals surface area contributed by atoms with Gasteiger partial charge >= 0.3 is 0 Å². The Labute approximate surface area is 110 Å².